The molecule has 1 saturated carbocycles. The van der Waals surface area contributed by atoms with Crippen molar-refractivity contribution in [3.8, 4) is 11.5 Å². The van der Waals surface area contributed by atoms with Crippen molar-refractivity contribution in [1.82, 2.24) is 0 Å². The highest BCUT2D eigenvalue weighted by Gasteiger charge is 2.33. The average molecular weight is 430 g/mol. The molecule has 1 heterocycles. The summed E-state index contributed by atoms with van der Waals surface area (Å²) in [6.07, 6.45) is 3.69. The fourth-order valence-corrected chi connectivity index (χ4v) is 4.03. The van der Waals surface area contributed by atoms with E-state index in [2.05, 4.69) is 55.5 Å². The maximum atomic E-state index is 6.05. The van der Waals surface area contributed by atoms with Gasteiger partial charge in [0.25, 0.3) is 0 Å². The Labute approximate surface area is 153 Å². The van der Waals surface area contributed by atoms with Crippen molar-refractivity contribution in [3.63, 3.8) is 0 Å². The molecule has 0 saturated heterocycles. The molecule has 1 aromatic rings. The number of alkyl halides is 1. The Bertz CT molecular complexity index is 543. The summed E-state index contributed by atoms with van der Waals surface area (Å²) in [6, 6.07) is 6.27. The lowest BCUT2D eigenvalue weighted by Gasteiger charge is -2.17. The number of benzene rings is 1. The molecule has 23 heavy (non-hydrogen) atoms. The third kappa shape index (κ3) is 4.32. The first-order valence-electron chi connectivity index (χ1n) is 8.59. The van der Waals surface area contributed by atoms with E-state index >= 15 is 0 Å². The van der Waals surface area contributed by atoms with E-state index in [0.29, 0.717) is 17.9 Å². The Balaban J connectivity index is 1.52. The normalized spacial score (nSPS) is 28.4. The molecule has 4 heteroatoms. The van der Waals surface area contributed by atoms with E-state index < -0.39 is 0 Å². The van der Waals surface area contributed by atoms with Gasteiger partial charge >= 0.3 is 0 Å². The Morgan fingerprint density at radius 3 is 2.91 bits per heavy atom. The van der Waals surface area contributed by atoms with Gasteiger partial charge in [-0.05, 0) is 50.2 Å². The Hall–Kier alpha value is -0.490. The highest BCUT2D eigenvalue weighted by Crippen LogP contribution is 2.38. The molecule has 3 unspecified atom stereocenters. The zero-order valence-electron chi connectivity index (χ0n) is 14.3. The van der Waals surface area contributed by atoms with Crippen molar-refractivity contribution in [2.75, 3.05) is 17.6 Å². The van der Waals surface area contributed by atoms with Crippen LogP contribution in [-0.2, 0) is 11.2 Å². The summed E-state index contributed by atoms with van der Waals surface area (Å²) in [5, 5.41) is 0. The minimum atomic E-state index is -0.0922. The molecule has 0 aromatic heterocycles. The summed E-state index contributed by atoms with van der Waals surface area (Å²) < 4.78 is 19.0. The van der Waals surface area contributed by atoms with Crippen LogP contribution in [0.2, 0.25) is 0 Å². The van der Waals surface area contributed by atoms with Gasteiger partial charge in [-0.3, -0.25) is 0 Å². The Kier molecular flexibility index (Phi) is 5.41. The van der Waals surface area contributed by atoms with Crippen molar-refractivity contribution in [1.29, 1.82) is 0 Å². The highest BCUT2D eigenvalue weighted by atomic mass is 127. The number of rotatable bonds is 6. The number of ether oxygens (including phenoxy) is 3. The zero-order valence-corrected chi connectivity index (χ0v) is 16.5. The highest BCUT2D eigenvalue weighted by molar-refractivity contribution is 14.1. The third-order valence-electron chi connectivity index (χ3n) is 4.84. The molecule has 1 aliphatic carbocycles. The van der Waals surface area contributed by atoms with E-state index in [1.54, 1.807) is 0 Å². The molecule has 0 bridgehead atoms. The molecule has 1 aromatic carbocycles. The average Bonchev–Trinajstić information content (AvgIpc) is 3.00. The van der Waals surface area contributed by atoms with Crippen LogP contribution in [0.25, 0.3) is 0 Å². The van der Waals surface area contributed by atoms with E-state index in [0.717, 1.165) is 42.0 Å². The van der Waals surface area contributed by atoms with Crippen molar-refractivity contribution >= 4 is 22.6 Å². The predicted molar refractivity (Wildman–Crippen MR) is 101 cm³/mol. The van der Waals surface area contributed by atoms with E-state index in [1.165, 1.54) is 12.0 Å². The summed E-state index contributed by atoms with van der Waals surface area (Å²) in [5.41, 5.74) is 1.19. The van der Waals surface area contributed by atoms with Crippen LogP contribution in [0.5, 0.6) is 11.5 Å². The second-order valence-electron chi connectivity index (χ2n) is 7.53. The van der Waals surface area contributed by atoms with E-state index in [9.17, 15) is 0 Å². The van der Waals surface area contributed by atoms with Crippen molar-refractivity contribution in [3.05, 3.63) is 23.8 Å². The van der Waals surface area contributed by atoms with Gasteiger partial charge in [-0.1, -0.05) is 35.6 Å². The van der Waals surface area contributed by atoms with Crippen LogP contribution < -0.4 is 9.47 Å². The van der Waals surface area contributed by atoms with Crippen LogP contribution >= 0.6 is 22.6 Å². The topological polar surface area (TPSA) is 27.7 Å². The summed E-state index contributed by atoms with van der Waals surface area (Å²) in [4.78, 5) is 0. The summed E-state index contributed by atoms with van der Waals surface area (Å²) >= 11 is 2.37. The van der Waals surface area contributed by atoms with Crippen molar-refractivity contribution in [2.45, 2.75) is 51.7 Å². The summed E-state index contributed by atoms with van der Waals surface area (Å²) in [7, 11) is 0. The van der Waals surface area contributed by atoms with Crippen LogP contribution in [0, 0.1) is 11.8 Å². The van der Waals surface area contributed by atoms with Gasteiger partial charge < -0.3 is 14.2 Å². The van der Waals surface area contributed by atoms with Gasteiger partial charge in [-0.2, -0.15) is 0 Å². The molecule has 1 aliphatic heterocycles. The van der Waals surface area contributed by atoms with Gasteiger partial charge in [0.1, 0.15) is 17.1 Å². The molecule has 3 nitrogen and oxygen atoms in total. The van der Waals surface area contributed by atoms with Crippen LogP contribution in [-0.4, -0.2) is 29.3 Å². The molecular weight excluding hydrogens is 403 g/mol. The molecular formula is C19H27IO3. The van der Waals surface area contributed by atoms with Gasteiger partial charge in [0.15, 0.2) is 0 Å². The summed E-state index contributed by atoms with van der Waals surface area (Å²) in [6.45, 7) is 8.19. The van der Waals surface area contributed by atoms with Crippen LogP contribution in [0.15, 0.2) is 18.2 Å². The van der Waals surface area contributed by atoms with Gasteiger partial charge in [0.05, 0.1) is 19.3 Å². The van der Waals surface area contributed by atoms with E-state index in [-0.39, 0.29) is 5.60 Å². The molecule has 1 fully saturated rings. The van der Waals surface area contributed by atoms with Gasteiger partial charge in [-0.15, -0.1) is 0 Å². The maximum absolute atomic E-state index is 6.05. The number of halogens is 1. The second-order valence-corrected chi connectivity index (χ2v) is 8.61. The van der Waals surface area contributed by atoms with Gasteiger partial charge in [-0.25, -0.2) is 0 Å². The minimum absolute atomic E-state index is 0.0922. The van der Waals surface area contributed by atoms with Crippen molar-refractivity contribution < 1.29 is 14.2 Å². The van der Waals surface area contributed by atoms with E-state index in [1.807, 2.05) is 6.07 Å². The SMILES string of the molecule is CC1CC(COc2ccc3c(c2)OC(C)(C)C3)CC1OCCI. The summed E-state index contributed by atoms with van der Waals surface area (Å²) in [5.74, 6) is 3.13. The Morgan fingerprint density at radius 1 is 1.30 bits per heavy atom. The third-order valence-corrected chi connectivity index (χ3v) is 5.28. The number of hydrogen-bond acceptors (Lipinski definition) is 3. The number of hydrogen-bond donors (Lipinski definition) is 0. The first-order chi connectivity index (χ1) is 11.0. The second kappa shape index (κ2) is 7.18. The molecule has 0 spiro atoms. The zero-order chi connectivity index (χ0) is 16.4. The lowest BCUT2D eigenvalue weighted by Crippen LogP contribution is -2.24. The molecule has 0 radical (unpaired) electrons. The molecule has 3 atom stereocenters. The fraction of sp³-hybridized carbons (Fsp3) is 0.684. The van der Waals surface area contributed by atoms with E-state index in [4.69, 9.17) is 14.2 Å². The lowest BCUT2D eigenvalue weighted by atomic mass is 10.0. The minimum Gasteiger partial charge on any atom is -0.493 e. The molecule has 0 N–H and O–H groups in total. The molecule has 0 amide bonds. The molecule has 3 rings (SSSR count). The standard InChI is InChI=1S/C19H27IO3/c1-13-8-14(9-17(13)21-7-6-20)12-22-16-5-4-15-11-19(2,3)23-18(15)10-16/h4-5,10,13-14,17H,6-9,11-12H2,1-3H3. The molecule has 128 valence electrons. The lowest BCUT2D eigenvalue weighted by molar-refractivity contribution is 0.0416. The van der Waals surface area contributed by atoms with Crippen LogP contribution in [0.4, 0.5) is 0 Å². The van der Waals surface area contributed by atoms with Crippen LogP contribution in [0.3, 0.4) is 0 Å². The fourth-order valence-electron chi connectivity index (χ4n) is 3.77. The number of fused-ring (bicyclic) bond motifs is 1. The van der Waals surface area contributed by atoms with Gasteiger partial charge in [0, 0.05) is 16.9 Å². The quantitative estimate of drug-likeness (QED) is 0.486. The Morgan fingerprint density at radius 2 is 2.13 bits per heavy atom. The van der Waals surface area contributed by atoms with Gasteiger partial charge in [0.2, 0.25) is 0 Å². The molecule has 2 aliphatic rings. The maximum Gasteiger partial charge on any atom is 0.127 e. The van der Waals surface area contributed by atoms with Crippen molar-refractivity contribution in [2.24, 2.45) is 11.8 Å². The first kappa shape index (κ1) is 17.3. The van der Waals surface area contributed by atoms with Crippen LogP contribution in [0.1, 0.15) is 39.2 Å². The first-order valence-corrected chi connectivity index (χ1v) is 10.1. The monoisotopic (exact) mass is 430 g/mol. The largest absolute Gasteiger partial charge is 0.493 e. The predicted octanol–water partition coefficient (Wildman–Crippen LogP) is 4.65. The smallest absolute Gasteiger partial charge is 0.127 e.